The predicted molar refractivity (Wildman–Crippen MR) is 125 cm³/mol. The molecule has 0 atom stereocenters. The second-order valence-electron chi connectivity index (χ2n) is 7.95. The molecule has 0 radical (unpaired) electrons. The van der Waals surface area contributed by atoms with Crippen LogP contribution < -0.4 is 10.5 Å². The summed E-state index contributed by atoms with van der Waals surface area (Å²) in [6, 6.07) is 14.5. The third kappa shape index (κ3) is 4.43. The number of unbranched alkanes of at least 4 members (excludes halogenated alkanes) is 1. The molecule has 2 heterocycles. The summed E-state index contributed by atoms with van der Waals surface area (Å²) in [5, 5.41) is 12.1. The Kier molecular flexibility index (Phi) is 6.50. The van der Waals surface area contributed by atoms with Crippen LogP contribution in [0, 0.1) is 24.1 Å². The maximum atomic E-state index is 14.5. The number of nitriles is 1. The van der Waals surface area contributed by atoms with Gasteiger partial charge in [-0.25, -0.2) is 9.37 Å². The second-order valence-corrected chi connectivity index (χ2v) is 7.95. The number of hydrogen-bond acceptors (Lipinski definition) is 5. The Balaban J connectivity index is 1.83. The Labute approximate surface area is 195 Å². The first-order valence-electron chi connectivity index (χ1n) is 11.0. The van der Waals surface area contributed by atoms with Crippen molar-refractivity contribution in [2.45, 2.75) is 39.7 Å². The van der Waals surface area contributed by atoms with Crippen LogP contribution in [0.15, 0.2) is 53.3 Å². The molecule has 8 nitrogen and oxygen atoms in total. The highest BCUT2D eigenvalue weighted by Gasteiger charge is 2.25. The molecule has 9 heteroatoms. The Morgan fingerprint density at radius 1 is 1.21 bits per heavy atom. The van der Waals surface area contributed by atoms with Crippen LogP contribution in [0.25, 0.3) is 5.78 Å². The van der Waals surface area contributed by atoms with Crippen molar-refractivity contribution in [1.82, 2.24) is 19.6 Å². The van der Waals surface area contributed by atoms with E-state index in [9.17, 15) is 19.2 Å². The molecule has 1 amide bonds. The van der Waals surface area contributed by atoms with Gasteiger partial charge < -0.3 is 0 Å². The number of rotatable bonds is 7. The van der Waals surface area contributed by atoms with Crippen LogP contribution in [0.4, 0.5) is 10.3 Å². The van der Waals surface area contributed by atoms with Gasteiger partial charge in [0.15, 0.2) is 0 Å². The second kappa shape index (κ2) is 9.67. The molecular formula is C25H23FN6O2. The van der Waals surface area contributed by atoms with Crippen LogP contribution in [0.2, 0.25) is 0 Å². The lowest BCUT2D eigenvalue weighted by Gasteiger charge is -2.20. The van der Waals surface area contributed by atoms with Crippen LogP contribution in [-0.2, 0) is 13.0 Å². The number of aromatic nitrogens is 4. The number of anilines is 1. The number of carbonyl (C=O) groups excluding carboxylic acids is 1. The minimum atomic E-state index is -0.674. The molecule has 0 fully saturated rings. The fourth-order valence-corrected chi connectivity index (χ4v) is 3.75. The van der Waals surface area contributed by atoms with Gasteiger partial charge in [-0.2, -0.15) is 14.8 Å². The van der Waals surface area contributed by atoms with Crippen molar-refractivity contribution in [3.05, 3.63) is 92.6 Å². The first-order chi connectivity index (χ1) is 16.4. The van der Waals surface area contributed by atoms with Crippen LogP contribution in [0.1, 0.15) is 52.5 Å². The van der Waals surface area contributed by atoms with Gasteiger partial charge in [-0.3, -0.25) is 19.6 Å². The number of benzene rings is 2. The molecular weight excluding hydrogens is 435 g/mol. The van der Waals surface area contributed by atoms with E-state index in [1.807, 2.05) is 6.92 Å². The molecule has 0 unspecified atom stereocenters. The predicted octanol–water partition coefficient (Wildman–Crippen LogP) is 3.93. The van der Waals surface area contributed by atoms with Gasteiger partial charge in [-0.15, -0.1) is 0 Å². The van der Waals surface area contributed by atoms with Gasteiger partial charge in [0.25, 0.3) is 17.2 Å². The van der Waals surface area contributed by atoms with E-state index in [0.717, 1.165) is 12.8 Å². The highest BCUT2D eigenvalue weighted by Crippen LogP contribution is 2.20. The number of aromatic amines is 1. The number of carbonyl (C=O) groups is 1. The molecule has 0 saturated carbocycles. The van der Waals surface area contributed by atoms with E-state index < -0.39 is 11.7 Å². The number of halogens is 1. The van der Waals surface area contributed by atoms with E-state index in [1.54, 1.807) is 37.3 Å². The van der Waals surface area contributed by atoms with E-state index in [4.69, 9.17) is 0 Å². The Morgan fingerprint density at radius 3 is 2.74 bits per heavy atom. The lowest BCUT2D eigenvalue weighted by atomic mass is 10.1. The number of amides is 1. The summed E-state index contributed by atoms with van der Waals surface area (Å²) in [7, 11) is 0. The summed E-state index contributed by atoms with van der Waals surface area (Å²) in [4.78, 5) is 36.6. The molecule has 4 rings (SSSR count). The third-order valence-electron chi connectivity index (χ3n) is 5.57. The molecule has 34 heavy (non-hydrogen) atoms. The molecule has 0 aliphatic heterocycles. The van der Waals surface area contributed by atoms with Crippen molar-refractivity contribution in [3.8, 4) is 6.07 Å². The summed E-state index contributed by atoms with van der Waals surface area (Å²) in [6.45, 7) is 3.80. The van der Waals surface area contributed by atoms with Gasteiger partial charge in [-0.05, 0) is 49.6 Å². The molecule has 1 N–H and O–H groups in total. The summed E-state index contributed by atoms with van der Waals surface area (Å²) in [5.74, 6) is -1.15. The monoisotopic (exact) mass is 458 g/mol. The molecule has 172 valence electrons. The SMILES string of the molecule is CCCCc1c(C)nc2nc(N(Cc3cccc(C#N)c3)C(=O)c3ccccc3F)[nH]n2c1=O. The average Bonchev–Trinajstić information content (AvgIpc) is 3.26. The summed E-state index contributed by atoms with van der Waals surface area (Å²) in [6.07, 6.45) is 2.37. The number of nitrogens with zero attached hydrogens (tertiary/aromatic N) is 5. The topological polar surface area (TPSA) is 107 Å². The Morgan fingerprint density at radius 2 is 2.00 bits per heavy atom. The molecule has 2 aromatic carbocycles. The standard InChI is InChI=1S/C25H23FN6O2/c1-3-4-10-19-16(2)28-24-29-25(30-32(24)23(19)34)31(15-18-9-7-8-17(13-18)14-27)22(33)20-11-5-6-12-21(20)26/h5-9,11-13H,3-4,10,15H2,1-2H3,(H,28,29,30). The molecule has 0 spiro atoms. The number of nitrogens with one attached hydrogen (secondary N) is 1. The zero-order valence-electron chi connectivity index (χ0n) is 18.9. The normalized spacial score (nSPS) is 10.9. The van der Waals surface area contributed by atoms with E-state index in [2.05, 4.69) is 21.1 Å². The van der Waals surface area contributed by atoms with Crippen molar-refractivity contribution in [3.63, 3.8) is 0 Å². The van der Waals surface area contributed by atoms with Gasteiger partial charge in [0.1, 0.15) is 5.82 Å². The highest BCUT2D eigenvalue weighted by molar-refractivity contribution is 6.05. The Bertz CT molecular complexity index is 1470. The van der Waals surface area contributed by atoms with Crippen LogP contribution >= 0.6 is 0 Å². The zero-order valence-corrected chi connectivity index (χ0v) is 18.9. The van der Waals surface area contributed by atoms with Crippen molar-refractivity contribution in [1.29, 1.82) is 5.26 Å². The number of aryl methyl sites for hydroxylation is 1. The van der Waals surface area contributed by atoms with E-state index >= 15 is 0 Å². The van der Waals surface area contributed by atoms with Crippen LogP contribution in [-0.4, -0.2) is 25.5 Å². The summed E-state index contributed by atoms with van der Waals surface area (Å²) in [5.41, 5.74) is 1.83. The average molecular weight is 458 g/mol. The van der Waals surface area contributed by atoms with E-state index in [-0.39, 0.29) is 29.4 Å². The lowest BCUT2D eigenvalue weighted by molar-refractivity contribution is 0.0979. The van der Waals surface area contributed by atoms with Gasteiger partial charge in [0, 0.05) is 5.56 Å². The maximum Gasteiger partial charge on any atom is 0.277 e. The first-order valence-corrected chi connectivity index (χ1v) is 11.0. The van der Waals surface area contributed by atoms with Crippen molar-refractivity contribution < 1.29 is 9.18 Å². The fraction of sp³-hybridized carbons (Fsp3) is 0.240. The van der Waals surface area contributed by atoms with Crippen molar-refractivity contribution in [2.75, 3.05) is 4.90 Å². The molecule has 0 aliphatic rings. The number of H-pyrrole nitrogens is 1. The van der Waals surface area contributed by atoms with Crippen LogP contribution in [0.5, 0.6) is 0 Å². The largest absolute Gasteiger partial charge is 0.277 e. The molecule has 0 saturated heterocycles. The minimum absolute atomic E-state index is 0.00106. The van der Waals surface area contributed by atoms with Crippen LogP contribution in [0.3, 0.4) is 0 Å². The van der Waals surface area contributed by atoms with Gasteiger partial charge >= 0.3 is 0 Å². The van der Waals surface area contributed by atoms with Crippen molar-refractivity contribution >= 4 is 17.6 Å². The lowest BCUT2D eigenvalue weighted by Crippen LogP contribution is -2.32. The fourth-order valence-electron chi connectivity index (χ4n) is 3.75. The van der Waals surface area contributed by atoms with Gasteiger partial charge in [0.2, 0.25) is 5.95 Å². The first kappa shape index (κ1) is 22.9. The Hall–Kier alpha value is -4.32. The van der Waals surface area contributed by atoms with E-state index in [0.29, 0.717) is 28.8 Å². The quantitative estimate of drug-likeness (QED) is 0.452. The van der Waals surface area contributed by atoms with Gasteiger partial charge in [0.05, 0.1) is 29.4 Å². The van der Waals surface area contributed by atoms with E-state index in [1.165, 1.54) is 27.6 Å². The molecule has 2 aromatic heterocycles. The maximum absolute atomic E-state index is 14.5. The minimum Gasteiger partial charge on any atom is -0.272 e. The van der Waals surface area contributed by atoms with Crippen molar-refractivity contribution in [2.24, 2.45) is 0 Å². The zero-order chi connectivity index (χ0) is 24.2. The highest BCUT2D eigenvalue weighted by atomic mass is 19.1. The molecule has 4 aromatic rings. The number of fused-ring (bicyclic) bond motifs is 1. The third-order valence-corrected chi connectivity index (χ3v) is 5.57. The smallest absolute Gasteiger partial charge is 0.272 e. The molecule has 0 bridgehead atoms. The van der Waals surface area contributed by atoms with Gasteiger partial charge in [-0.1, -0.05) is 37.6 Å². The molecule has 0 aliphatic carbocycles. The number of hydrogen-bond donors (Lipinski definition) is 1. The summed E-state index contributed by atoms with van der Waals surface area (Å²) < 4.78 is 15.7. The summed E-state index contributed by atoms with van der Waals surface area (Å²) >= 11 is 0.